The molecule has 372 valence electrons. The molecule has 1 aliphatic carbocycles. The predicted octanol–water partition coefficient (Wildman–Crippen LogP) is 17.8. The predicted molar refractivity (Wildman–Crippen MR) is 323 cm³/mol. The van der Waals surface area contributed by atoms with Gasteiger partial charge in [-0.05, 0) is 169 Å². The van der Waals surface area contributed by atoms with Gasteiger partial charge in [0.25, 0.3) is 6.71 Å². The highest BCUT2D eigenvalue weighted by molar-refractivity contribution is 7.00. The summed E-state index contributed by atoms with van der Waals surface area (Å²) in [6, 6.07) is 76.0. The Bertz CT molecular complexity index is 3600. The summed E-state index contributed by atoms with van der Waals surface area (Å²) < 4.78 is 0. The van der Waals surface area contributed by atoms with E-state index in [1.54, 1.807) is 0 Å². The van der Waals surface area contributed by atoms with Gasteiger partial charge in [-0.2, -0.15) is 0 Å². The second kappa shape index (κ2) is 17.8. The summed E-state index contributed by atoms with van der Waals surface area (Å²) in [5.74, 6) is 0. The molecule has 0 aromatic heterocycles. The Hall–Kier alpha value is -7.56. The highest BCUT2D eigenvalue weighted by Crippen LogP contribution is 2.54. The fourth-order valence-corrected chi connectivity index (χ4v) is 12.5. The van der Waals surface area contributed by atoms with E-state index in [1.165, 1.54) is 94.9 Å². The van der Waals surface area contributed by atoms with Crippen LogP contribution in [0.25, 0.3) is 22.3 Å². The van der Waals surface area contributed by atoms with E-state index in [0.29, 0.717) is 0 Å². The summed E-state index contributed by atoms with van der Waals surface area (Å²) in [6.07, 6.45) is 2.28. The summed E-state index contributed by atoms with van der Waals surface area (Å²) >= 11 is 0. The molecule has 0 radical (unpaired) electrons. The van der Waals surface area contributed by atoms with Crippen molar-refractivity contribution < 1.29 is 0 Å². The van der Waals surface area contributed by atoms with Crippen molar-refractivity contribution in [2.75, 3.05) is 14.7 Å². The normalized spacial score (nSPS) is 15.2. The van der Waals surface area contributed by atoms with Gasteiger partial charge in [0, 0.05) is 45.4 Å². The lowest BCUT2D eigenvalue weighted by atomic mass is 9.33. The topological polar surface area (TPSA) is 9.72 Å². The molecule has 0 amide bonds. The summed E-state index contributed by atoms with van der Waals surface area (Å²) in [4.78, 5) is 7.79. The minimum atomic E-state index is -0.0807. The average Bonchev–Trinajstić information content (AvgIpc) is 3.40. The summed E-state index contributed by atoms with van der Waals surface area (Å²) in [7, 11) is 0. The second-order valence-electron chi connectivity index (χ2n) is 25.0. The van der Waals surface area contributed by atoms with Crippen LogP contribution in [0.15, 0.2) is 200 Å². The molecule has 12 rings (SSSR count). The standard InChI is InChI=1S/C71H70BN3/c1-47-32-33-50(48-24-16-12-17-25-48)40-63(47)75-64-46-58-57(70(8,9)38-39-71(58,10)11)45-60(64)72-59-42-52(69(5,6)7)35-37-62(59)74(61-36-34-51(68(2,3)4)41-56(61)49-26-18-13-19-27-49)65-43-55(44-66(75)67(65)72)73(53-28-20-14-21-29-53)54-30-22-15-23-31-54/h12-37,40-46H,38-39H2,1-11H3. The number of aryl methyl sites for hydroxylation is 1. The van der Waals surface area contributed by atoms with E-state index >= 15 is 0 Å². The van der Waals surface area contributed by atoms with Gasteiger partial charge in [-0.25, -0.2) is 0 Å². The molecular formula is C71H70BN3. The Morgan fingerprint density at radius 2 is 0.880 bits per heavy atom. The zero-order valence-corrected chi connectivity index (χ0v) is 45.9. The Kier molecular flexibility index (Phi) is 11.5. The molecular weight excluding hydrogens is 906 g/mol. The van der Waals surface area contributed by atoms with Crippen molar-refractivity contribution in [3.63, 3.8) is 0 Å². The quantitative estimate of drug-likeness (QED) is 0.147. The number of anilines is 9. The molecule has 2 aliphatic heterocycles. The molecule has 0 fully saturated rings. The maximum Gasteiger partial charge on any atom is 0.252 e. The van der Waals surface area contributed by atoms with Crippen molar-refractivity contribution in [2.45, 2.75) is 111 Å². The van der Waals surface area contributed by atoms with Crippen molar-refractivity contribution in [1.29, 1.82) is 0 Å². The molecule has 2 heterocycles. The van der Waals surface area contributed by atoms with E-state index < -0.39 is 0 Å². The summed E-state index contributed by atoms with van der Waals surface area (Å²) in [5.41, 5.74) is 26.0. The van der Waals surface area contributed by atoms with Gasteiger partial charge in [0.1, 0.15) is 0 Å². The molecule has 0 unspecified atom stereocenters. The van der Waals surface area contributed by atoms with Crippen LogP contribution in [0.3, 0.4) is 0 Å². The SMILES string of the molecule is Cc1ccc(-c2ccccc2)cc1N1c2cc3c(cc2B2c4cc(C(C)(C)C)ccc4N(c4ccc(C(C)(C)C)cc4-c4ccccc4)c4cc(N(c5ccccc5)c5ccccc5)cc1c42)C(C)(C)CCC3(C)C. The van der Waals surface area contributed by atoms with Gasteiger partial charge in [0.2, 0.25) is 0 Å². The molecule has 0 spiro atoms. The van der Waals surface area contributed by atoms with Crippen molar-refractivity contribution >= 4 is 74.3 Å². The number of nitrogens with zero attached hydrogens (tertiary/aromatic N) is 3. The second-order valence-corrected chi connectivity index (χ2v) is 25.0. The Balaban J connectivity index is 1.27. The van der Waals surface area contributed by atoms with Crippen molar-refractivity contribution in [3.05, 3.63) is 228 Å². The maximum absolute atomic E-state index is 2.68. The van der Waals surface area contributed by atoms with E-state index in [9.17, 15) is 0 Å². The third kappa shape index (κ3) is 8.29. The molecule has 0 saturated heterocycles. The van der Waals surface area contributed by atoms with Gasteiger partial charge in [-0.15, -0.1) is 0 Å². The first kappa shape index (κ1) is 48.4. The fourth-order valence-electron chi connectivity index (χ4n) is 12.5. The van der Waals surface area contributed by atoms with Crippen LogP contribution in [0, 0.1) is 6.92 Å². The minimum absolute atomic E-state index is 0.00284. The number of para-hydroxylation sites is 2. The first-order valence-corrected chi connectivity index (χ1v) is 27.3. The lowest BCUT2D eigenvalue weighted by Gasteiger charge is -2.48. The maximum atomic E-state index is 2.68. The van der Waals surface area contributed by atoms with E-state index in [4.69, 9.17) is 0 Å². The number of fused-ring (bicyclic) bond motifs is 5. The molecule has 4 heteroatoms. The number of hydrogen-bond donors (Lipinski definition) is 0. The number of hydrogen-bond acceptors (Lipinski definition) is 3. The van der Waals surface area contributed by atoms with Crippen molar-refractivity contribution in [2.24, 2.45) is 0 Å². The van der Waals surface area contributed by atoms with Crippen molar-refractivity contribution in [1.82, 2.24) is 0 Å². The van der Waals surface area contributed by atoms with E-state index in [2.05, 4.69) is 291 Å². The van der Waals surface area contributed by atoms with Crippen LogP contribution in [0.5, 0.6) is 0 Å². The number of rotatable bonds is 7. The van der Waals surface area contributed by atoms with Gasteiger partial charge in [0.15, 0.2) is 0 Å². The third-order valence-corrected chi connectivity index (χ3v) is 16.9. The minimum Gasteiger partial charge on any atom is -0.311 e. The van der Waals surface area contributed by atoms with Crippen LogP contribution in [0.4, 0.5) is 51.2 Å². The Morgan fingerprint density at radius 1 is 0.400 bits per heavy atom. The lowest BCUT2D eigenvalue weighted by Crippen LogP contribution is -2.62. The van der Waals surface area contributed by atoms with Gasteiger partial charge in [0.05, 0.1) is 11.4 Å². The van der Waals surface area contributed by atoms with Crippen LogP contribution in [0.1, 0.15) is 110 Å². The van der Waals surface area contributed by atoms with Crippen LogP contribution < -0.4 is 31.1 Å². The smallest absolute Gasteiger partial charge is 0.252 e. The Morgan fingerprint density at radius 3 is 1.44 bits per heavy atom. The monoisotopic (exact) mass is 976 g/mol. The molecule has 0 bridgehead atoms. The van der Waals surface area contributed by atoms with Crippen LogP contribution in [-0.4, -0.2) is 6.71 Å². The van der Waals surface area contributed by atoms with E-state index in [1.807, 2.05) is 0 Å². The molecule has 9 aromatic rings. The van der Waals surface area contributed by atoms with Gasteiger partial charge in [-0.3, -0.25) is 0 Å². The highest BCUT2D eigenvalue weighted by atomic mass is 15.2. The molecule has 3 nitrogen and oxygen atoms in total. The number of benzene rings is 9. The largest absolute Gasteiger partial charge is 0.311 e. The van der Waals surface area contributed by atoms with Gasteiger partial charge in [-0.1, -0.05) is 203 Å². The Labute approximate surface area is 447 Å². The van der Waals surface area contributed by atoms with Gasteiger partial charge < -0.3 is 14.7 Å². The molecule has 0 N–H and O–H groups in total. The third-order valence-electron chi connectivity index (χ3n) is 16.9. The van der Waals surface area contributed by atoms with Gasteiger partial charge >= 0.3 is 0 Å². The molecule has 3 aliphatic rings. The summed E-state index contributed by atoms with van der Waals surface area (Å²) in [6.45, 7) is 26.2. The fraction of sp³-hybridized carbons (Fsp3) is 0.239. The van der Waals surface area contributed by atoms with Crippen molar-refractivity contribution in [3.8, 4) is 22.3 Å². The highest BCUT2D eigenvalue weighted by Gasteiger charge is 2.48. The lowest BCUT2D eigenvalue weighted by molar-refractivity contribution is 0.332. The first-order chi connectivity index (χ1) is 35.9. The van der Waals surface area contributed by atoms with E-state index in [-0.39, 0.29) is 28.4 Å². The summed E-state index contributed by atoms with van der Waals surface area (Å²) in [5, 5.41) is 0. The molecule has 0 atom stereocenters. The first-order valence-electron chi connectivity index (χ1n) is 27.3. The van der Waals surface area contributed by atoms with Crippen LogP contribution in [-0.2, 0) is 21.7 Å². The van der Waals surface area contributed by atoms with Crippen LogP contribution >= 0.6 is 0 Å². The molecule has 9 aromatic carbocycles. The van der Waals surface area contributed by atoms with E-state index in [0.717, 1.165) is 35.6 Å². The zero-order chi connectivity index (χ0) is 52.2. The molecule has 75 heavy (non-hydrogen) atoms. The molecule has 0 saturated carbocycles. The van der Waals surface area contributed by atoms with Crippen LogP contribution in [0.2, 0.25) is 0 Å². The average molecular weight is 976 g/mol. The zero-order valence-electron chi connectivity index (χ0n) is 45.9.